The number of hydrogen-bond acceptors (Lipinski definition) is 1. The fourth-order valence-corrected chi connectivity index (χ4v) is 1.86. The molecular formula is C13H15F4N. The fraction of sp³-hybridized carbons (Fsp3) is 0.538. The van der Waals surface area contributed by atoms with E-state index >= 15 is 0 Å². The molecule has 0 heterocycles. The molecule has 0 amide bonds. The van der Waals surface area contributed by atoms with Crippen LogP contribution in [0.15, 0.2) is 18.2 Å². The summed E-state index contributed by atoms with van der Waals surface area (Å²) in [5.41, 5.74) is -0.817. The van der Waals surface area contributed by atoms with E-state index in [1.54, 1.807) is 0 Å². The maximum absolute atomic E-state index is 13.4. The molecule has 1 fully saturated rings. The van der Waals surface area contributed by atoms with Gasteiger partial charge in [-0.3, -0.25) is 0 Å². The van der Waals surface area contributed by atoms with Gasteiger partial charge in [0.05, 0.1) is 11.3 Å². The third-order valence-electron chi connectivity index (χ3n) is 3.10. The van der Waals surface area contributed by atoms with E-state index in [4.69, 9.17) is 0 Å². The summed E-state index contributed by atoms with van der Waals surface area (Å²) < 4.78 is 50.4. The Morgan fingerprint density at radius 2 is 1.94 bits per heavy atom. The molecule has 18 heavy (non-hydrogen) atoms. The van der Waals surface area contributed by atoms with E-state index in [-0.39, 0.29) is 5.69 Å². The lowest BCUT2D eigenvalue weighted by Crippen LogP contribution is -2.08. The van der Waals surface area contributed by atoms with E-state index in [0.717, 1.165) is 30.9 Å². The summed E-state index contributed by atoms with van der Waals surface area (Å²) in [5, 5.41) is 2.83. The van der Waals surface area contributed by atoms with Gasteiger partial charge in [0.25, 0.3) is 0 Å². The van der Waals surface area contributed by atoms with E-state index < -0.39 is 17.6 Å². The summed E-state index contributed by atoms with van der Waals surface area (Å²) in [7, 11) is 0. The van der Waals surface area contributed by atoms with Gasteiger partial charge in [-0.2, -0.15) is 13.2 Å². The molecule has 1 aromatic rings. The smallest absolute Gasteiger partial charge is 0.383 e. The highest BCUT2D eigenvalue weighted by Gasteiger charge is 2.31. The SMILES string of the molecule is Fc1cc(C(F)(F)F)ccc1NCCCC1CC1. The highest BCUT2D eigenvalue weighted by atomic mass is 19.4. The van der Waals surface area contributed by atoms with Crippen molar-refractivity contribution in [3.63, 3.8) is 0 Å². The molecule has 0 atom stereocenters. The van der Waals surface area contributed by atoms with Crippen LogP contribution in [0.4, 0.5) is 23.2 Å². The third kappa shape index (κ3) is 3.62. The molecule has 1 aromatic carbocycles. The Morgan fingerprint density at radius 1 is 1.22 bits per heavy atom. The standard InChI is InChI=1S/C13H15F4N/c14-11-8-10(13(15,16)17)5-6-12(11)18-7-1-2-9-3-4-9/h5-6,8-9,18H,1-4,7H2. The predicted molar refractivity (Wildman–Crippen MR) is 61.8 cm³/mol. The normalized spacial score (nSPS) is 15.8. The van der Waals surface area contributed by atoms with Crippen molar-refractivity contribution in [2.24, 2.45) is 5.92 Å². The Labute approximate surface area is 103 Å². The zero-order chi connectivity index (χ0) is 13.2. The second-order valence-corrected chi connectivity index (χ2v) is 4.70. The van der Waals surface area contributed by atoms with Gasteiger partial charge in [0.2, 0.25) is 0 Å². The number of nitrogens with one attached hydrogen (secondary N) is 1. The first-order valence-electron chi connectivity index (χ1n) is 6.07. The van der Waals surface area contributed by atoms with Crippen LogP contribution in [0.2, 0.25) is 0 Å². The fourth-order valence-electron chi connectivity index (χ4n) is 1.86. The monoisotopic (exact) mass is 261 g/mol. The minimum atomic E-state index is -4.49. The Bertz CT molecular complexity index is 410. The highest BCUT2D eigenvalue weighted by molar-refractivity contribution is 5.46. The minimum Gasteiger partial charge on any atom is -0.383 e. The molecule has 0 aromatic heterocycles. The topological polar surface area (TPSA) is 12.0 Å². The summed E-state index contributed by atoms with van der Waals surface area (Å²) in [6.45, 7) is 0.596. The van der Waals surface area contributed by atoms with Crippen molar-refractivity contribution in [1.29, 1.82) is 0 Å². The first-order valence-corrected chi connectivity index (χ1v) is 6.07. The van der Waals surface area contributed by atoms with Gasteiger partial charge in [0, 0.05) is 6.54 Å². The first-order chi connectivity index (χ1) is 8.47. The average Bonchev–Trinajstić information content (AvgIpc) is 3.08. The second-order valence-electron chi connectivity index (χ2n) is 4.70. The Balaban J connectivity index is 1.88. The minimum absolute atomic E-state index is 0.138. The Hall–Kier alpha value is -1.26. The van der Waals surface area contributed by atoms with Gasteiger partial charge in [-0.25, -0.2) is 4.39 Å². The molecule has 1 N–H and O–H groups in total. The molecule has 100 valence electrons. The molecule has 2 rings (SSSR count). The number of anilines is 1. The lowest BCUT2D eigenvalue weighted by Gasteiger charge is -2.10. The number of halogens is 4. The van der Waals surface area contributed by atoms with E-state index in [0.29, 0.717) is 12.6 Å². The molecule has 0 radical (unpaired) electrons. The van der Waals surface area contributed by atoms with E-state index in [9.17, 15) is 17.6 Å². The summed E-state index contributed by atoms with van der Waals surface area (Å²) in [4.78, 5) is 0. The molecule has 1 aliphatic carbocycles. The van der Waals surface area contributed by atoms with Crippen LogP contribution >= 0.6 is 0 Å². The molecule has 5 heteroatoms. The van der Waals surface area contributed by atoms with Crippen LogP contribution < -0.4 is 5.32 Å². The molecule has 1 aliphatic rings. The van der Waals surface area contributed by atoms with Crippen molar-refractivity contribution in [2.75, 3.05) is 11.9 Å². The third-order valence-corrected chi connectivity index (χ3v) is 3.10. The van der Waals surface area contributed by atoms with Gasteiger partial charge < -0.3 is 5.32 Å². The maximum atomic E-state index is 13.4. The summed E-state index contributed by atoms with van der Waals surface area (Å²) in [6.07, 6.45) is 0.0784. The van der Waals surface area contributed by atoms with Gasteiger partial charge in [-0.05, 0) is 37.0 Å². The molecular weight excluding hydrogens is 246 g/mol. The lowest BCUT2D eigenvalue weighted by molar-refractivity contribution is -0.137. The van der Waals surface area contributed by atoms with E-state index in [1.807, 2.05) is 0 Å². The van der Waals surface area contributed by atoms with Crippen LogP contribution in [-0.2, 0) is 6.18 Å². The average molecular weight is 261 g/mol. The van der Waals surface area contributed by atoms with Crippen molar-refractivity contribution in [3.05, 3.63) is 29.6 Å². The summed E-state index contributed by atoms with van der Waals surface area (Å²) in [5.74, 6) is -0.0412. The molecule has 1 nitrogen and oxygen atoms in total. The van der Waals surface area contributed by atoms with Crippen molar-refractivity contribution >= 4 is 5.69 Å². The van der Waals surface area contributed by atoms with Crippen LogP contribution in [0.3, 0.4) is 0 Å². The van der Waals surface area contributed by atoms with E-state index in [1.165, 1.54) is 12.8 Å². The number of benzene rings is 1. The van der Waals surface area contributed by atoms with Crippen molar-refractivity contribution in [2.45, 2.75) is 31.9 Å². The number of hydrogen-bond donors (Lipinski definition) is 1. The molecule has 0 spiro atoms. The lowest BCUT2D eigenvalue weighted by atomic mass is 10.2. The largest absolute Gasteiger partial charge is 0.416 e. The van der Waals surface area contributed by atoms with Gasteiger partial charge in [-0.1, -0.05) is 12.8 Å². The van der Waals surface area contributed by atoms with E-state index in [2.05, 4.69) is 5.32 Å². The van der Waals surface area contributed by atoms with Gasteiger partial charge >= 0.3 is 6.18 Å². The zero-order valence-corrected chi connectivity index (χ0v) is 9.86. The molecule has 0 aliphatic heterocycles. The van der Waals surface area contributed by atoms with Crippen LogP contribution in [0, 0.1) is 11.7 Å². The molecule has 0 unspecified atom stereocenters. The van der Waals surface area contributed by atoms with Crippen LogP contribution in [0.1, 0.15) is 31.2 Å². The van der Waals surface area contributed by atoms with Crippen molar-refractivity contribution in [3.8, 4) is 0 Å². The summed E-state index contributed by atoms with van der Waals surface area (Å²) in [6, 6.07) is 2.57. The molecule has 0 saturated heterocycles. The predicted octanol–water partition coefficient (Wildman–Crippen LogP) is 4.45. The van der Waals surface area contributed by atoms with Crippen LogP contribution in [0.25, 0.3) is 0 Å². The molecule has 1 saturated carbocycles. The second kappa shape index (κ2) is 5.16. The number of rotatable bonds is 5. The quantitative estimate of drug-likeness (QED) is 0.610. The van der Waals surface area contributed by atoms with Crippen molar-refractivity contribution in [1.82, 2.24) is 0 Å². The van der Waals surface area contributed by atoms with Crippen molar-refractivity contribution < 1.29 is 17.6 Å². The Kier molecular flexibility index (Phi) is 3.78. The first kappa shape index (κ1) is 13.2. The highest BCUT2D eigenvalue weighted by Crippen LogP contribution is 2.33. The Morgan fingerprint density at radius 3 is 2.50 bits per heavy atom. The maximum Gasteiger partial charge on any atom is 0.416 e. The molecule has 0 bridgehead atoms. The van der Waals surface area contributed by atoms with Gasteiger partial charge in [0.15, 0.2) is 0 Å². The summed E-state index contributed by atoms with van der Waals surface area (Å²) >= 11 is 0. The van der Waals surface area contributed by atoms with Gasteiger partial charge in [0.1, 0.15) is 5.82 Å². The number of alkyl halides is 3. The van der Waals surface area contributed by atoms with Crippen LogP contribution in [0.5, 0.6) is 0 Å². The zero-order valence-electron chi connectivity index (χ0n) is 9.86. The van der Waals surface area contributed by atoms with Gasteiger partial charge in [-0.15, -0.1) is 0 Å². The van der Waals surface area contributed by atoms with Crippen LogP contribution in [-0.4, -0.2) is 6.54 Å².